The molecule has 5 nitrogen and oxygen atoms in total. The Kier molecular flexibility index (Phi) is 5.75. The summed E-state index contributed by atoms with van der Waals surface area (Å²) < 4.78 is 32.4. The molecule has 1 aromatic carbocycles. The van der Waals surface area contributed by atoms with E-state index in [-0.39, 0.29) is 12.1 Å². The third-order valence-corrected chi connectivity index (χ3v) is 4.67. The highest BCUT2D eigenvalue weighted by atomic mass is 19.1. The minimum absolute atomic E-state index is 0.0841. The van der Waals surface area contributed by atoms with Gasteiger partial charge in [0, 0.05) is 31.2 Å². The van der Waals surface area contributed by atoms with Crippen LogP contribution in [0, 0.1) is 24.5 Å². The summed E-state index contributed by atoms with van der Waals surface area (Å²) in [6.45, 7) is 5.45. The number of rotatable bonds is 7. The van der Waals surface area contributed by atoms with E-state index < -0.39 is 11.6 Å². The second-order valence-electron chi connectivity index (χ2n) is 6.70. The molecule has 2 N–H and O–H groups in total. The molecular formula is C18H24F2N4O. The highest BCUT2D eigenvalue weighted by Crippen LogP contribution is 2.32. The van der Waals surface area contributed by atoms with E-state index in [0.29, 0.717) is 30.3 Å². The smallest absolute Gasteiger partial charge is 0.179 e. The van der Waals surface area contributed by atoms with Gasteiger partial charge in [-0.2, -0.15) is 5.10 Å². The largest absolute Gasteiger partial charge is 0.370 e. The third-order valence-electron chi connectivity index (χ3n) is 4.67. The Balaban J connectivity index is 1.47. The summed E-state index contributed by atoms with van der Waals surface area (Å²) in [6, 6.07) is 3.98. The molecule has 3 rings (SSSR count). The zero-order chi connectivity index (χ0) is 17.8. The lowest BCUT2D eigenvalue weighted by atomic mass is 9.99. The average molecular weight is 350 g/mol. The van der Waals surface area contributed by atoms with Crippen molar-refractivity contribution in [3.05, 3.63) is 47.0 Å². The lowest BCUT2D eigenvalue weighted by molar-refractivity contribution is 0.0829. The van der Waals surface area contributed by atoms with Gasteiger partial charge in [-0.1, -0.05) is 6.07 Å². The number of ether oxygens (including phenoxy) is 1. The molecular weight excluding hydrogens is 326 g/mol. The number of H-pyrrole nitrogens is 1. The van der Waals surface area contributed by atoms with E-state index in [2.05, 4.69) is 27.4 Å². The Morgan fingerprint density at radius 3 is 2.96 bits per heavy atom. The molecule has 0 amide bonds. The first-order valence-electron chi connectivity index (χ1n) is 8.70. The Labute approximate surface area is 146 Å². The molecule has 2 aromatic rings. The van der Waals surface area contributed by atoms with E-state index in [1.165, 1.54) is 12.1 Å². The van der Waals surface area contributed by atoms with E-state index in [1.54, 1.807) is 0 Å². The SMILES string of the molecule is Cc1nc([C@H]2OCC[C@H]2CNC(C)CCc2ccc(F)cc2F)n[nH]1. The molecule has 2 heterocycles. The summed E-state index contributed by atoms with van der Waals surface area (Å²) in [5, 5.41) is 10.6. The van der Waals surface area contributed by atoms with Crippen LogP contribution in [0.1, 0.15) is 43.1 Å². The minimum atomic E-state index is -0.540. The molecule has 0 spiro atoms. The van der Waals surface area contributed by atoms with Crippen LogP contribution in [0.25, 0.3) is 0 Å². The Bertz CT molecular complexity index is 706. The molecule has 0 bridgehead atoms. The van der Waals surface area contributed by atoms with Crippen molar-refractivity contribution in [1.82, 2.24) is 20.5 Å². The van der Waals surface area contributed by atoms with E-state index in [9.17, 15) is 8.78 Å². The molecule has 7 heteroatoms. The molecule has 0 radical (unpaired) electrons. The van der Waals surface area contributed by atoms with Crippen molar-refractivity contribution >= 4 is 0 Å². The molecule has 1 aromatic heterocycles. The first-order chi connectivity index (χ1) is 12.0. The van der Waals surface area contributed by atoms with E-state index in [4.69, 9.17) is 4.74 Å². The Morgan fingerprint density at radius 2 is 2.24 bits per heavy atom. The second kappa shape index (κ2) is 8.01. The molecule has 1 unspecified atom stereocenters. The maximum Gasteiger partial charge on any atom is 0.179 e. The Hall–Kier alpha value is -1.86. The van der Waals surface area contributed by atoms with Crippen molar-refractivity contribution in [2.24, 2.45) is 5.92 Å². The van der Waals surface area contributed by atoms with Gasteiger partial charge in [-0.05, 0) is 44.7 Å². The molecule has 136 valence electrons. The summed E-state index contributed by atoms with van der Waals surface area (Å²) in [5.41, 5.74) is 0.549. The maximum atomic E-state index is 13.7. The number of nitrogens with zero attached hydrogens (tertiary/aromatic N) is 2. The van der Waals surface area contributed by atoms with Crippen LogP contribution in [-0.4, -0.2) is 34.4 Å². The number of benzene rings is 1. The average Bonchev–Trinajstić information content (AvgIpc) is 3.20. The molecule has 0 saturated carbocycles. The molecule has 1 fully saturated rings. The van der Waals surface area contributed by atoms with Gasteiger partial charge in [0.2, 0.25) is 0 Å². The monoisotopic (exact) mass is 350 g/mol. The maximum absolute atomic E-state index is 13.7. The lowest BCUT2D eigenvalue weighted by Gasteiger charge is -2.20. The van der Waals surface area contributed by atoms with Crippen molar-refractivity contribution in [2.45, 2.75) is 45.3 Å². The fourth-order valence-corrected chi connectivity index (χ4v) is 3.17. The molecule has 25 heavy (non-hydrogen) atoms. The third kappa shape index (κ3) is 4.61. The van der Waals surface area contributed by atoms with Crippen LogP contribution >= 0.6 is 0 Å². The van der Waals surface area contributed by atoms with Gasteiger partial charge in [-0.15, -0.1) is 0 Å². The van der Waals surface area contributed by atoms with Gasteiger partial charge in [0.15, 0.2) is 5.82 Å². The van der Waals surface area contributed by atoms with Gasteiger partial charge < -0.3 is 10.1 Å². The summed E-state index contributed by atoms with van der Waals surface area (Å²) in [5.74, 6) is 0.799. The van der Waals surface area contributed by atoms with Crippen molar-refractivity contribution in [3.8, 4) is 0 Å². The summed E-state index contributed by atoms with van der Waals surface area (Å²) in [7, 11) is 0. The second-order valence-corrected chi connectivity index (χ2v) is 6.70. The number of nitrogens with one attached hydrogen (secondary N) is 2. The van der Waals surface area contributed by atoms with Crippen LogP contribution in [-0.2, 0) is 11.2 Å². The highest BCUT2D eigenvalue weighted by molar-refractivity contribution is 5.18. The molecule has 3 atom stereocenters. The van der Waals surface area contributed by atoms with Crippen LogP contribution in [0.2, 0.25) is 0 Å². The molecule has 1 saturated heterocycles. The standard InChI is InChI=1S/C18H24F2N4O/c1-11(3-4-13-5-6-15(19)9-16(13)20)21-10-14-7-8-25-17(14)18-22-12(2)23-24-18/h5-6,9,11,14,17,21H,3-4,7-8,10H2,1-2H3,(H,22,23,24)/t11?,14-,17-/m0/s1. The van der Waals surface area contributed by atoms with Crippen molar-refractivity contribution in [2.75, 3.05) is 13.2 Å². The fourth-order valence-electron chi connectivity index (χ4n) is 3.17. The van der Waals surface area contributed by atoms with Gasteiger partial charge in [0.05, 0.1) is 0 Å². The van der Waals surface area contributed by atoms with Crippen LogP contribution in [0.4, 0.5) is 8.78 Å². The quantitative estimate of drug-likeness (QED) is 0.806. The highest BCUT2D eigenvalue weighted by Gasteiger charge is 2.32. The van der Waals surface area contributed by atoms with Crippen LogP contribution in [0.3, 0.4) is 0 Å². The molecule has 1 aliphatic rings. The number of aryl methyl sites for hydroxylation is 2. The summed E-state index contributed by atoms with van der Waals surface area (Å²) >= 11 is 0. The Morgan fingerprint density at radius 1 is 1.40 bits per heavy atom. The van der Waals surface area contributed by atoms with Gasteiger partial charge in [0.1, 0.15) is 23.6 Å². The first-order valence-corrected chi connectivity index (χ1v) is 8.70. The van der Waals surface area contributed by atoms with Gasteiger partial charge in [-0.25, -0.2) is 13.8 Å². The predicted molar refractivity (Wildman–Crippen MR) is 90.1 cm³/mol. The number of hydrogen-bond donors (Lipinski definition) is 2. The summed E-state index contributed by atoms with van der Waals surface area (Å²) in [4.78, 5) is 4.37. The van der Waals surface area contributed by atoms with Crippen molar-refractivity contribution < 1.29 is 13.5 Å². The van der Waals surface area contributed by atoms with Gasteiger partial charge >= 0.3 is 0 Å². The number of aromatic amines is 1. The van der Waals surface area contributed by atoms with Crippen molar-refractivity contribution in [1.29, 1.82) is 0 Å². The minimum Gasteiger partial charge on any atom is -0.370 e. The zero-order valence-electron chi connectivity index (χ0n) is 14.6. The van der Waals surface area contributed by atoms with E-state index in [0.717, 1.165) is 31.3 Å². The van der Waals surface area contributed by atoms with E-state index >= 15 is 0 Å². The van der Waals surface area contributed by atoms with Gasteiger partial charge in [0.25, 0.3) is 0 Å². The van der Waals surface area contributed by atoms with Crippen LogP contribution in [0.15, 0.2) is 18.2 Å². The lowest BCUT2D eigenvalue weighted by Crippen LogP contribution is -2.33. The topological polar surface area (TPSA) is 62.8 Å². The zero-order valence-corrected chi connectivity index (χ0v) is 14.6. The fraction of sp³-hybridized carbons (Fsp3) is 0.556. The van der Waals surface area contributed by atoms with E-state index in [1.807, 2.05) is 6.92 Å². The van der Waals surface area contributed by atoms with Crippen LogP contribution < -0.4 is 5.32 Å². The van der Waals surface area contributed by atoms with Crippen LogP contribution in [0.5, 0.6) is 0 Å². The first kappa shape index (κ1) is 17.9. The normalized spacial score (nSPS) is 21.6. The number of hydrogen-bond acceptors (Lipinski definition) is 4. The number of halogens is 2. The summed E-state index contributed by atoms with van der Waals surface area (Å²) in [6.07, 6.45) is 2.23. The molecule has 1 aliphatic heterocycles. The van der Waals surface area contributed by atoms with Crippen molar-refractivity contribution in [3.63, 3.8) is 0 Å². The number of aromatic nitrogens is 3. The predicted octanol–water partition coefficient (Wildman–Crippen LogP) is 3.08. The molecule has 0 aliphatic carbocycles. The van der Waals surface area contributed by atoms with Gasteiger partial charge in [-0.3, -0.25) is 5.10 Å².